The number of hydrogen-bond donors (Lipinski definition) is 2. The first-order chi connectivity index (χ1) is 8.22. The predicted octanol–water partition coefficient (Wildman–Crippen LogP) is 1.46. The molecule has 1 aromatic heterocycles. The minimum absolute atomic E-state index is 0. The zero-order valence-corrected chi connectivity index (χ0v) is 11.4. The lowest BCUT2D eigenvalue weighted by molar-refractivity contribution is 0.0915. The lowest BCUT2D eigenvalue weighted by Crippen LogP contribution is -2.48. The zero-order valence-electron chi connectivity index (χ0n) is 10.6. The standard InChI is InChI=1S/C13H19N3O.ClH/c1-16-6-2-3-12(16)13(17)15-11-7-9-4-5-10(8-11)14-9;/h2-3,6,9-11,14H,4-5,7-8H2,1H3,(H,15,17);1H. The molecule has 2 aliphatic heterocycles. The highest BCUT2D eigenvalue weighted by Crippen LogP contribution is 2.26. The first-order valence-corrected chi connectivity index (χ1v) is 6.40. The third-order valence-electron chi connectivity index (χ3n) is 3.98. The van der Waals surface area contributed by atoms with Crippen molar-refractivity contribution in [2.75, 3.05) is 0 Å². The van der Waals surface area contributed by atoms with E-state index < -0.39 is 0 Å². The Morgan fingerprint density at radius 3 is 2.61 bits per heavy atom. The van der Waals surface area contributed by atoms with E-state index >= 15 is 0 Å². The number of carbonyl (C=O) groups excluding carboxylic acids is 1. The van der Waals surface area contributed by atoms with Gasteiger partial charge in [-0.15, -0.1) is 12.4 Å². The van der Waals surface area contributed by atoms with Gasteiger partial charge in [-0.3, -0.25) is 4.79 Å². The second-order valence-corrected chi connectivity index (χ2v) is 5.28. The van der Waals surface area contributed by atoms with Crippen LogP contribution in [0.2, 0.25) is 0 Å². The topological polar surface area (TPSA) is 46.1 Å². The fraction of sp³-hybridized carbons (Fsp3) is 0.615. The van der Waals surface area contributed by atoms with Gasteiger partial charge in [-0.1, -0.05) is 0 Å². The van der Waals surface area contributed by atoms with Crippen LogP contribution in [0.1, 0.15) is 36.2 Å². The van der Waals surface area contributed by atoms with E-state index in [4.69, 9.17) is 0 Å². The van der Waals surface area contributed by atoms with Gasteiger partial charge in [-0.2, -0.15) is 0 Å². The molecule has 3 heterocycles. The molecule has 100 valence electrons. The summed E-state index contributed by atoms with van der Waals surface area (Å²) in [5, 5.41) is 6.75. The Bertz CT molecular complexity index is 420. The van der Waals surface area contributed by atoms with Crippen LogP contribution in [0.3, 0.4) is 0 Å². The van der Waals surface area contributed by atoms with E-state index in [0.29, 0.717) is 18.1 Å². The van der Waals surface area contributed by atoms with Gasteiger partial charge >= 0.3 is 0 Å². The number of carbonyl (C=O) groups is 1. The number of piperidine rings is 1. The molecule has 4 nitrogen and oxygen atoms in total. The maximum Gasteiger partial charge on any atom is 0.268 e. The third-order valence-corrected chi connectivity index (χ3v) is 3.98. The first kappa shape index (κ1) is 13.4. The molecule has 0 spiro atoms. The second-order valence-electron chi connectivity index (χ2n) is 5.28. The van der Waals surface area contributed by atoms with Crippen LogP contribution in [0, 0.1) is 0 Å². The van der Waals surface area contributed by atoms with Gasteiger partial charge in [0.05, 0.1) is 0 Å². The van der Waals surface area contributed by atoms with E-state index in [1.54, 1.807) is 0 Å². The molecule has 3 rings (SSSR count). The number of halogens is 1. The lowest BCUT2D eigenvalue weighted by Gasteiger charge is -2.29. The summed E-state index contributed by atoms with van der Waals surface area (Å²) in [6.45, 7) is 0. The summed E-state index contributed by atoms with van der Waals surface area (Å²) in [6.07, 6.45) is 6.59. The monoisotopic (exact) mass is 269 g/mol. The molecule has 2 bridgehead atoms. The van der Waals surface area contributed by atoms with E-state index in [9.17, 15) is 4.79 Å². The average Bonchev–Trinajstić information content (AvgIpc) is 2.85. The van der Waals surface area contributed by atoms with Gasteiger partial charge in [0.1, 0.15) is 5.69 Å². The minimum Gasteiger partial charge on any atom is -0.348 e. The highest BCUT2D eigenvalue weighted by molar-refractivity contribution is 5.92. The zero-order chi connectivity index (χ0) is 11.8. The van der Waals surface area contributed by atoms with E-state index in [2.05, 4.69) is 10.6 Å². The van der Waals surface area contributed by atoms with Crippen LogP contribution in [0.4, 0.5) is 0 Å². The van der Waals surface area contributed by atoms with Crippen LogP contribution >= 0.6 is 12.4 Å². The van der Waals surface area contributed by atoms with Crippen LogP contribution < -0.4 is 10.6 Å². The molecule has 5 heteroatoms. The maximum absolute atomic E-state index is 12.1. The quantitative estimate of drug-likeness (QED) is 0.854. The summed E-state index contributed by atoms with van der Waals surface area (Å²) < 4.78 is 1.87. The molecule has 2 unspecified atom stereocenters. The third kappa shape index (κ3) is 2.54. The van der Waals surface area contributed by atoms with Gasteiger partial charge in [0, 0.05) is 31.4 Å². The molecule has 2 saturated heterocycles. The number of aryl methyl sites for hydroxylation is 1. The number of fused-ring (bicyclic) bond motifs is 2. The van der Waals surface area contributed by atoms with Crippen molar-refractivity contribution in [3.8, 4) is 0 Å². The van der Waals surface area contributed by atoms with Crippen LogP contribution in [0.25, 0.3) is 0 Å². The summed E-state index contributed by atoms with van der Waals surface area (Å²) in [6, 6.07) is 5.35. The second kappa shape index (κ2) is 5.33. The minimum atomic E-state index is 0. The molecule has 0 radical (unpaired) electrons. The van der Waals surface area contributed by atoms with Gasteiger partial charge in [0.2, 0.25) is 0 Å². The molecule has 1 aromatic rings. The number of hydrogen-bond acceptors (Lipinski definition) is 2. The van der Waals surface area contributed by atoms with Gasteiger partial charge in [0.15, 0.2) is 0 Å². The fourth-order valence-corrected chi connectivity index (χ4v) is 3.13. The van der Waals surface area contributed by atoms with Crippen molar-refractivity contribution in [2.24, 2.45) is 7.05 Å². The van der Waals surface area contributed by atoms with Crippen molar-refractivity contribution in [3.63, 3.8) is 0 Å². The molecule has 1 amide bonds. The van der Waals surface area contributed by atoms with E-state index in [0.717, 1.165) is 18.5 Å². The molecule has 2 atom stereocenters. The average molecular weight is 270 g/mol. The number of rotatable bonds is 2. The Balaban J connectivity index is 0.00000120. The van der Waals surface area contributed by atoms with Crippen LogP contribution in [-0.2, 0) is 7.05 Å². The van der Waals surface area contributed by atoms with E-state index in [1.807, 2.05) is 29.9 Å². The normalized spacial score (nSPS) is 29.7. The molecule has 2 aliphatic rings. The van der Waals surface area contributed by atoms with Crippen molar-refractivity contribution < 1.29 is 4.79 Å². The van der Waals surface area contributed by atoms with Gasteiger partial charge < -0.3 is 15.2 Å². The van der Waals surface area contributed by atoms with Crippen LogP contribution in [-0.4, -0.2) is 28.6 Å². The Morgan fingerprint density at radius 1 is 1.39 bits per heavy atom. The molecule has 0 saturated carbocycles. The van der Waals surface area contributed by atoms with Gasteiger partial charge in [-0.25, -0.2) is 0 Å². The molecule has 18 heavy (non-hydrogen) atoms. The molecule has 0 aromatic carbocycles. The maximum atomic E-state index is 12.1. The number of aromatic nitrogens is 1. The molecule has 2 N–H and O–H groups in total. The van der Waals surface area contributed by atoms with Crippen molar-refractivity contribution in [2.45, 2.75) is 43.8 Å². The highest BCUT2D eigenvalue weighted by Gasteiger charge is 2.34. The smallest absolute Gasteiger partial charge is 0.268 e. The molecule has 0 aliphatic carbocycles. The molecular weight excluding hydrogens is 250 g/mol. The highest BCUT2D eigenvalue weighted by atomic mass is 35.5. The first-order valence-electron chi connectivity index (χ1n) is 6.40. The summed E-state index contributed by atoms with van der Waals surface area (Å²) in [5.41, 5.74) is 0.746. The molecule has 2 fully saturated rings. The van der Waals surface area contributed by atoms with Crippen molar-refractivity contribution in [3.05, 3.63) is 24.0 Å². The van der Waals surface area contributed by atoms with Crippen LogP contribution in [0.15, 0.2) is 18.3 Å². The number of nitrogens with one attached hydrogen (secondary N) is 2. The summed E-state index contributed by atoms with van der Waals surface area (Å²) >= 11 is 0. The van der Waals surface area contributed by atoms with E-state index in [-0.39, 0.29) is 18.3 Å². The fourth-order valence-electron chi connectivity index (χ4n) is 3.13. The summed E-state index contributed by atoms with van der Waals surface area (Å²) in [5.74, 6) is 0.0591. The molecular formula is C13H20ClN3O. The van der Waals surface area contributed by atoms with Crippen molar-refractivity contribution in [1.82, 2.24) is 15.2 Å². The Morgan fingerprint density at radius 2 is 2.06 bits per heavy atom. The van der Waals surface area contributed by atoms with Gasteiger partial charge in [0.25, 0.3) is 5.91 Å². The van der Waals surface area contributed by atoms with Crippen molar-refractivity contribution in [1.29, 1.82) is 0 Å². The largest absolute Gasteiger partial charge is 0.348 e. The van der Waals surface area contributed by atoms with E-state index in [1.165, 1.54) is 12.8 Å². The van der Waals surface area contributed by atoms with Crippen LogP contribution in [0.5, 0.6) is 0 Å². The number of nitrogens with zero attached hydrogens (tertiary/aromatic N) is 1. The van der Waals surface area contributed by atoms with Crippen molar-refractivity contribution >= 4 is 18.3 Å². The Hall–Kier alpha value is -1.00. The van der Waals surface area contributed by atoms with Gasteiger partial charge in [-0.05, 0) is 37.8 Å². The lowest BCUT2D eigenvalue weighted by atomic mass is 10.00. The number of amides is 1. The summed E-state index contributed by atoms with van der Waals surface area (Å²) in [7, 11) is 1.90. The predicted molar refractivity (Wildman–Crippen MR) is 73.1 cm³/mol. The Kier molecular flexibility index (Phi) is 3.97. The summed E-state index contributed by atoms with van der Waals surface area (Å²) in [4.78, 5) is 12.1. The Labute approximate surface area is 114 Å². The SMILES string of the molecule is Cl.Cn1cccc1C(=O)NC1CC2CCC(C1)N2.